The van der Waals surface area contributed by atoms with Crippen molar-refractivity contribution in [1.29, 1.82) is 0 Å². The summed E-state index contributed by atoms with van der Waals surface area (Å²) in [6, 6.07) is 36.5. The third kappa shape index (κ3) is 13.7. The number of thioether (sulfide) groups is 2. The quantitative estimate of drug-likeness (QED) is 0.0548. The zero-order valence-corrected chi connectivity index (χ0v) is 35.9. The topological polar surface area (TPSA) is 146 Å². The Balaban J connectivity index is 1.64. The second kappa shape index (κ2) is 22.4. The van der Waals surface area contributed by atoms with Crippen LogP contribution in [0.5, 0.6) is 0 Å². The number of carbonyl (C=O) groups excluding carboxylic acids is 3. The predicted molar refractivity (Wildman–Crippen MR) is 236 cm³/mol. The average molecular weight is 827 g/mol. The minimum Gasteiger partial charge on any atom is -0.480 e. The summed E-state index contributed by atoms with van der Waals surface area (Å²) in [5, 5.41) is 22.0. The lowest BCUT2D eigenvalue weighted by Gasteiger charge is -2.37. The Labute approximate surface area is 352 Å². The molecular weight excluding hydrogens is 769 g/mol. The lowest BCUT2D eigenvalue weighted by molar-refractivity contribution is -0.142. The third-order valence-electron chi connectivity index (χ3n) is 9.56. The predicted octanol–water partition coefficient (Wildman–Crippen LogP) is 7.27. The summed E-state index contributed by atoms with van der Waals surface area (Å²) >= 11 is 3.06. The highest BCUT2D eigenvalue weighted by Crippen LogP contribution is 2.48. The molecule has 0 aliphatic carbocycles. The van der Waals surface area contributed by atoms with Gasteiger partial charge in [0, 0.05) is 18.3 Å². The van der Waals surface area contributed by atoms with Gasteiger partial charge in [0.05, 0.1) is 10.8 Å². The van der Waals surface area contributed by atoms with Crippen LogP contribution in [0, 0.1) is 5.92 Å². The zero-order chi connectivity index (χ0) is 42.1. The Morgan fingerprint density at radius 3 is 1.60 bits per heavy atom. The number of hydrogen-bond donors (Lipinski definition) is 5. The molecule has 4 rings (SSSR count). The van der Waals surface area contributed by atoms with Crippen LogP contribution in [0.3, 0.4) is 0 Å². The van der Waals surface area contributed by atoms with Crippen LogP contribution in [0.2, 0.25) is 0 Å². The van der Waals surface area contributed by atoms with Gasteiger partial charge in [-0.15, -0.1) is 11.8 Å². The van der Waals surface area contributed by atoms with Crippen molar-refractivity contribution in [3.8, 4) is 0 Å². The third-order valence-corrected chi connectivity index (χ3v) is 11.8. The number of nitrogens with one attached hydrogen (secondary N) is 4. The summed E-state index contributed by atoms with van der Waals surface area (Å²) < 4.78 is 4.90. The van der Waals surface area contributed by atoms with Crippen molar-refractivity contribution in [3.05, 3.63) is 144 Å². The highest BCUT2D eigenvalue weighted by molar-refractivity contribution is 8.00. The zero-order valence-electron chi connectivity index (χ0n) is 34.3. The molecule has 0 aliphatic rings. The Hall–Kier alpha value is -4.78. The van der Waals surface area contributed by atoms with Gasteiger partial charge in [0.15, 0.2) is 0 Å². The molecular formula is C46H58N4O6S2. The van der Waals surface area contributed by atoms with E-state index in [-0.39, 0.29) is 24.6 Å². The molecule has 5 N–H and O–H groups in total. The van der Waals surface area contributed by atoms with Gasteiger partial charge in [-0.05, 0) is 73.8 Å². The number of carbonyl (C=O) groups is 4. The maximum atomic E-state index is 14.5. The minimum atomic E-state index is -1.09. The first-order valence-corrected chi connectivity index (χ1v) is 22.0. The number of alkyl carbamates (subject to hydrolysis) is 1. The Bertz CT molecular complexity index is 1780. The van der Waals surface area contributed by atoms with E-state index >= 15 is 0 Å². The molecule has 0 bridgehead atoms. The number of rotatable bonds is 21. The van der Waals surface area contributed by atoms with Crippen LogP contribution in [0.4, 0.5) is 4.79 Å². The van der Waals surface area contributed by atoms with Crippen molar-refractivity contribution >= 4 is 47.4 Å². The van der Waals surface area contributed by atoms with Crippen LogP contribution in [-0.2, 0) is 30.3 Å². The Kier molecular flexibility index (Phi) is 17.7. The molecule has 58 heavy (non-hydrogen) atoms. The monoisotopic (exact) mass is 826 g/mol. The fourth-order valence-electron chi connectivity index (χ4n) is 6.49. The van der Waals surface area contributed by atoms with Gasteiger partial charge >= 0.3 is 12.1 Å². The van der Waals surface area contributed by atoms with E-state index in [1.165, 1.54) is 11.8 Å². The molecule has 4 atom stereocenters. The van der Waals surface area contributed by atoms with Crippen LogP contribution < -0.4 is 21.3 Å². The second-order valence-corrected chi connectivity index (χ2v) is 17.7. The molecule has 0 radical (unpaired) electrons. The van der Waals surface area contributed by atoms with E-state index in [0.29, 0.717) is 12.2 Å². The first kappa shape index (κ1) is 45.9. The maximum absolute atomic E-state index is 14.5. The highest BCUT2D eigenvalue weighted by atomic mass is 32.2. The van der Waals surface area contributed by atoms with Gasteiger partial charge < -0.3 is 31.1 Å². The van der Waals surface area contributed by atoms with Crippen LogP contribution in [-0.4, -0.2) is 83.1 Å². The molecule has 0 fully saturated rings. The number of carboxylic acids is 1. The van der Waals surface area contributed by atoms with Gasteiger partial charge in [-0.2, -0.15) is 11.8 Å². The number of benzene rings is 4. The molecule has 4 aromatic carbocycles. The summed E-state index contributed by atoms with van der Waals surface area (Å²) in [4.78, 5) is 53.6. The van der Waals surface area contributed by atoms with Crippen LogP contribution in [0.1, 0.15) is 63.3 Å². The molecule has 0 aromatic heterocycles. The lowest BCUT2D eigenvalue weighted by Crippen LogP contribution is -2.57. The maximum Gasteiger partial charge on any atom is 0.408 e. The molecule has 0 unspecified atom stereocenters. The van der Waals surface area contributed by atoms with E-state index in [1.807, 2.05) is 105 Å². The van der Waals surface area contributed by atoms with E-state index < -0.39 is 58.4 Å². The van der Waals surface area contributed by atoms with Crippen LogP contribution >= 0.6 is 23.5 Å². The van der Waals surface area contributed by atoms with Gasteiger partial charge in [0.2, 0.25) is 11.8 Å². The number of hydrogen-bond acceptors (Lipinski definition) is 8. The first-order chi connectivity index (χ1) is 27.7. The van der Waals surface area contributed by atoms with E-state index in [4.69, 9.17) is 4.74 Å². The molecule has 0 saturated heterocycles. The van der Waals surface area contributed by atoms with Gasteiger partial charge in [-0.3, -0.25) is 9.59 Å². The van der Waals surface area contributed by atoms with Crippen molar-refractivity contribution in [2.45, 2.75) is 82.0 Å². The summed E-state index contributed by atoms with van der Waals surface area (Å²) in [5.74, 6) is -1.27. The average Bonchev–Trinajstić information content (AvgIpc) is 3.20. The van der Waals surface area contributed by atoms with Crippen LogP contribution in [0.25, 0.3) is 0 Å². The minimum absolute atomic E-state index is 0.0860. The van der Waals surface area contributed by atoms with Gasteiger partial charge in [-0.25, -0.2) is 9.59 Å². The molecule has 0 heterocycles. The van der Waals surface area contributed by atoms with Crippen molar-refractivity contribution < 1.29 is 29.0 Å². The number of aliphatic carboxylic acids is 1. The largest absolute Gasteiger partial charge is 0.480 e. The van der Waals surface area contributed by atoms with Crippen molar-refractivity contribution in [3.63, 3.8) is 0 Å². The van der Waals surface area contributed by atoms with Crippen molar-refractivity contribution in [2.75, 3.05) is 24.3 Å². The molecule has 0 saturated carbocycles. The molecule has 0 spiro atoms. The summed E-state index contributed by atoms with van der Waals surface area (Å²) in [7, 11) is 0. The van der Waals surface area contributed by atoms with E-state index in [1.54, 1.807) is 32.5 Å². The van der Waals surface area contributed by atoms with Crippen LogP contribution in [0.15, 0.2) is 121 Å². The molecule has 10 nitrogen and oxygen atoms in total. The number of ether oxygens (including phenoxy) is 1. The Morgan fingerprint density at radius 2 is 1.16 bits per heavy atom. The summed E-state index contributed by atoms with van der Waals surface area (Å²) in [6.45, 7) is 9.45. The number of carboxylic acid groups (broad SMARTS) is 1. The first-order valence-electron chi connectivity index (χ1n) is 19.6. The fraction of sp³-hybridized carbons (Fsp3) is 0.391. The van der Waals surface area contributed by atoms with Gasteiger partial charge in [-0.1, -0.05) is 135 Å². The smallest absolute Gasteiger partial charge is 0.408 e. The van der Waals surface area contributed by atoms with Crippen molar-refractivity contribution in [2.24, 2.45) is 5.92 Å². The summed E-state index contributed by atoms with van der Waals surface area (Å²) in [5.41, 5.74) is 3.14. The molecule has 310 valence electrons. The SMILES string of the molecule is CSCC[C@H](NC(=O)[C@H](Cc1ccccc1)NC[C@@H](NC(=O)[C@H](CSC(c1ccccc1)(c1ccccc1)c1ccccc1)NC(=O)OC(C)(C)C)C(C)C)C(=O)O. The number of amides is 3. The fourth-order valence-corrected chi connectivity index (χ4v) is 8.52. The standard InChI is InChI=1S/C46H58N4O6S2/c1-32(2)39(30-47-38(29-33-19-11-7-12-20-33)41(51)48-37(43(53)54)27-28-57-6)49-42(52)40(50-44(55)56-45(3,4)5)31-58-46(34-21-13-8-14-22-34,35-23-15-9-16-24-35)36-25-17-10-18-26-36/h7-26,32,37-40,47H,27-31H2,1-6H3,(H,48,51)(H,49,52)(H,50,55)(H,53,54)/t37-,38-,39+,40-/m0/s1. The highest BCUT2D eigenvalue weighted by Gasteiger charge is 2.39. The Morgan fingerprint density at radius 1 is 0.672 bits per heavy atom. The molecule has 4 aromatic rings. The molecule has 3 amide bonds. The van der Waals surface area contributed by atoms with E-state index in [0.717, 1.165) is 22.3 Å². The van der Waals surface area contributed by atoms with E-state index in [9.17, 15) is 24.3 Å². The normalized spacial score (nSPS) is 13.8. The molecule has 0 aliphatic heterocycles. The van der Waals surface area contributed by atoms with Gasteiger partial charge in [0.1, 0.15) is 17.7 Å². The summed E-state index contributed by atoms with van der Waals surface area (Å²) in [6.07, 6.45) is 1.76. The second-order valence-electron chi connectivity index (χ2n) is 15.5. The van der Waals surface area contributed by atoms with Gasteiger partial charge in [0.25, 0.3) is 0 Å². The van der Waals surface area contributed by atoms with E-state index in [2.05, 4.69) is 57.7 Å². The molecule has 12 heteroatoms. The lowest BCUT2D eigenvalue weighted by atomic mass is 9.84. The van der Waals surface area contributed by atoms with Crippen molar-refractivity contribution in [1.82, 2.24) is 21.3 Å².